The zero-order valence-corrected chi connectivity index (χ0v) is 34.4. The molecule has 3 nitrogen and oxygen atoms in total. The van der Waals surface area contributed by atoms with Crippen LogP contribution in [0.25, 0.3) is 87.7 Å². The van der Waals surface area contributed by atoms with Crippen molar-refractivity contribution in [1.29, 1.82) is 0 Å². The van der Waals surface area contributed by atoms with Gasteiger partial charge in [0.05, 0.1) is 5.41 Å². The van der Waals surface area contributed by atoms with E-state index in [2.05, 4.69) is 206 Å². The summed E-state index contributed by atoms with van der Waals surface area (Å²) in [6.45, 7) is 0. The fourth-order valence-electron chi connectivity index (χ4n) is 9.62. The predicted molar refractivity (Wildman–Crippen MR) is 257 cm³/mol. The summed E-state index contributed by atoms with van der Waals surface area (Å²) >= 11 is 1.85. The Hall–Kier alpha value is -7.79. The first-order chi connectivity index (χ1) is 30.7. The third-order valence-electron chi connectivity index (χ3n) is 12.4. The minimum Gasteiger partial charge on any atom is -0.208 e. The van der Waals surface area contributed by atoms with Crippen LogP contribution >= 0.6 is 11.3 Å². The number of aromatic nitrogens is 3. The number of hydrogen-bond acceptors (Lipinski definition) is 4. The van der Waals surface area contributed by atoms with E-state index in [0.717, 1.165) is 33.4 Å². The molecule has 4 heteroatoms. The molecule has 12 rings (SSSR count). The zero-order chi connectivity index (χ0) is 41.0. The Labute approximate surface area is 364 Å². The van der Waals surface area contributed by atoms with Gasteiger partial charge in [0.25, 0.3) is 0 Å². The van der Waals surface area contributed by atoms with Crippen LogP contribution in [0.4, 0.5) is 0 Å². The van der Waals surface area contributed by atoms with Crippen molar-refractivity contribution in [3.05, 3.63) is 247 Å². The van der Waals surface area contributed by atoms with E-state index in [1.165, 1.54) is 59.1 Å². The van der Waals surface area contributed by atoms with Gasteiger partial charge in [-0.25, -0.2) is 15.0 Å². The van der Waals surface area contributed by atoms with Gasteiger partial charge in [-0.2, -0.15) is 0 Å². The lowest BCUT2D eigenvalue weighted by Crippen LogP contribution is -2.28. The second-order valence-corrected chi connectivity index (χ2v) is 17.0. The Morgan fingerprint density at radius 2 is 0.806 bits per heavy atom. The molecule has 290 valence electrons. The summed E-state index contributed by atoms with van der Waals surface area (Å²) < 4.78 is 2.64. The molecule has 0 fully saturated rings. The molecule has 0 saturated carbocycles. The van der Waals surface area contributed by atoms with Crippen molar-refractivity contribution in [3.8, 4) is 67.5 Å². The highest BCUT2D eigenvalue weighted by atomic mass is 32.1. The van der Waals surface area contributed by atoms with Gasteiger partial charge in [-0.3, -0.25) is 0 Å². The molecule has 11 aromatic rings. The number of nitrogens with zero attached hydrogens (tertiary/aromatic N) is 3. The maximum Gasteiger partial charge on any atom is 0.164 e. The molecule has 0 N–H and O–H groups in total. The molecule has 9 aromatic carbocycles. The Morgan fingerprint density at radius 1 is 0.306 bits per heavy atom. The van der Waals surface area contributed by atoms with Crippen LogP contribution in [0.3, 0.4) is 0 Å². The van der Waals surface area contributed by atoms with Crippen LogP contribution in [0.2, 0.25) is 0 Å². The molecule has 1 aliphatic carbocycles. The Morgan fingerprint density at radius 3 is 1.55 bits per heavy atom. The predicted octanol–water partition coefficient (Wildman–Crippen LogP) is 14.9. The van der Waals surface area contributed by atoms with Crippen LogP contribution in [0.15, 0.2) is 224 Å². The highest BCUT2D eigenvalue weighted by Gasteiger charge is 2.47. The topological polar surface area (TPSA) is 38.7 Å². The van der Waals surface area contributed by atoms with Gasteiger partial charge in [-0.1, -0.05) is 200 Å². The van der Waals surface area contributed by atoms with E-state index < -0.39 is 5.41 Å². The van der Waals surface area contributed by atoms with Crippen molar-refractivity contribution >= 4 is 31.5 Å². The van der Waals surface area contributed by atoms with Gasteiger partial charge in [0.15, 0.2) is 17.5 Å². The van der Waals surface area contributed by atoms with E-state index >= 15 is 0 Å². The quantitative estimate of drug-likeness (QED) is 0.161. The van der Waals surface area contributed by atoms with Gasteiger partial charge in [0.1, 0.15) is 0 Å². The Kier molecular flexibility index (Phi) is 8.58. The number of rotatable bonds is 7. The Balaban J connectivity index is 0.986. The van der Waals surface area contributed by atoms with Gasteiger partial charge < -0.3 is 0 Å². The first-order valence-corrected chi connectivity index (χ1v) is 21.8. The molecule has 62 heavy (non-hydrogen) atoms. The van der Waals surface area contributed by atoms with Crippen LogP contribution in [0.5, 0.6) is 0 Å². The molecule has 0 amide bonds. The van der Waals surface area contributed by atoms with Gasteiger partial charge in [-0.05, 0) is 79.9 Å². The molecule has 2 heterocycles. The van der Waals surface area contributed by atoms with E-state index in [1.807, 2.05) is 29.5 Å². The fourth-order valence-corrected chi connectivity index (χ4v) is 10.7. The first-order valence-electron chi connectivity index (χ1n) is 21.0. The highest BCUT2D eigenvalue weighted by Crippen LogP contribution is 2.58. The second-order valence-electron chi connectivity index (χ2n) is 15.9. The van der Waals surface area contributed by atoms with Crippen molar-refractivity contribution in [2.45, 2.75) is 5.41 Å². The standard InChI is InChI=1S/C58H37N3S/c1-4-16-40(17-5-1)55-59-56(43-19-14-18-41(36-43)38-30-32-39(33-31-38)42-34-35-53-49(37-42)46-24-11-13-29-52(46)62-53)61-57(60-55)48-26-15-28-51-54(48)47-25-10-12-27-50(47)58(51,44-20-6-2-7-21-44)45-22-8-3-9-23-45/h1-37H. The van der Waals surface area contributed by atoms with E-state index in [9.17, 15) is 0 Å². The molecular weight excluding hydrogens is 771 g/mol. The van der Waals surface area contributed by atoms with Crippen molar-refractivity contribution in [1.82, 2.24) is 15.0 Å². The normalized spacial score (nSPS) is 12.6. The van der Waals surface area contributed by atoms with Crippen molar-refractivity contribution in [2.75, 3.05) is 0 Å². The van der Waals surface area contributed by atoms with Crippen molar-refractivity contribution < 1.29 is 0 Å². The van der Waals surface area contributed by atoms with Crippen LogP contribution in [-0.2, 0) is 5.41 Å². The van der Waals surface area contributed by atoms with Crippen molar-refractivity contribution in [3.63, 3.8) is 0 Å². The lowest BCUT2D eigenvalue weighted by Gasteiger charge is -2.33. The van der Waals surface area contributed by atoms with Crippen LogP contribution in [0, 0.1) is 0 Å². The minimum atomic E-state index is -0.530. The molecule has 1 aliphatic rings. The lowest BCUT2D eigenvalue weighted by atomic mass is 9.67. The van der Waals surface area contributed by atoms with Gasteiger partial charge >= 0.3 is 0 Å². The molecular formula is C58H37N3S. The molecule has 2 aromatic heterocycles. The van der Waals surface area contributed by atoms with Crippen LogP contribution in [-0.4, -0.2) is 15.0 Å². The molecule has 0 aliphatic heterocycles. The molecule has 0 bridgehead atoms. The third-order valence-corrected chi connectivity index (χ3v) is 13.6. The first kappa shape index (κ1) is 36.1. The van der Waals surface area contributed by atoms with E-state index in [4.69, 9.17) is 15.0 Å². The maximum absolute atomic E-state index is 5.35. The average Bonchev–Trinajstić information content (AvgIpc) is 3.88. The van der Waals surface area contributed by atoms with Gasteiger partial charge in [0.2, 0.25) is 0 Å². The Bertz CT molecular complexity index is 3410. The molecule has 0 spiro atoms. The summed E-state index contributed by atoms with van der Waals surface area (Å²) in [7, 11) is 0. The monoisotopic (exact) mass is 807 g/mol. The highest BCUT2D eigenvalue weighted by molar-refractivity contribution is 7.25. The average molecular weight is 808 g/mol. The zero-order valence-electron chi connectivity index (χ0n) is 33.6. The maximum atomic E-state index is 5.35. The van der Waals surface area contributed by atoms with E-state index in [-0.39, 0.29) is 0 Å². The SMILES string of the molecule is c1ccc(-c2nc(-c3cccc(-c4ccc(-c5ccc6sc7ccccc7c6c5)cc4)c3)nc(-c3cccc4c3-c3ccccc3C4(c3ccccc3)c3ccccc3)n2)cc1. The summed E-state index contributed by atoms with van der Waals surface area (Å²) in [5.74, 6) is 1.91. The minimum absolute atomic E-state index is 0.530. The summed E-state index contributed by atoms with van der Waals surface area (Å²) in [6.07, 6.45) is 0. The van der Waals surface area contributed by atoms with Crippen LogP contribution in [0.1, 0.15) is 22.3 Å². The summed E-state index contributed by atoms with van der Waals surface area (Å²) in [5.41, 5.74) is 14.2. The van der Waals surface area contributed by atoms with E-state index in [1.54, 1.807) is 0 Å². The molecule has 0 unspecified atom stereocenters. The second kappa shape index (κ2) is 14.7. The number of benzene rings is 9. The smallest absolute Gasteiger partial charge is 0.164 e. The number of thiophene rings is 1. The third kappa shape index (κ3) is 5.83. The van der Waals surface area contributed by atoms with Gasteiger partial charge in [0, 0.05) is 36.9 Å². The van der Waals surface area contributed by atoms with Crippen molar-refractivity contribution in [2.24, 2.45) is 0 Å². The summed E-state index contributed by atoms with van der Waals surface area (Å²) in [4.78, 5) is 15.8. The summed E-state index contributed by atoms with van der Waals surface area (Å²) in [5, 5.41) is 2.62. The molecule has 0 saturated heterocycles. The van der Waals surface area contributed by atoms with Gasteiger partial charge in [-0.15, -0.1) is 11.3 Å². The molecule has 0 radical (unpaired) electrons. The summed E-state index contributed by atoms with van der Waals surface area (Å²) in [6, 6.07) is 80.4. The largest absolute Gasteiger partial charge is 0.208 e. The number of fused-ring (bicyclic) bond motifs is 6. The number of hydrogen-bond donors (Lipinski definition) is 0. The lowest BCUT2D eigenvalue weighted by molar-refractivity contribution is 0.768. The van der Waals surface area contributed by atoms with Crippen LogP contribution < -0.4 is 0 Å². The van der Waals surface area contributed by atoms with E-state index in [0.29, 0.717) is 17.5 Å². The molecule has 0 atom stereocenters. The fraction of sp³-hybridized carbons (Fsp3) is 0.0172.